The highest BCUT2D eigenvalue weighted by Gasteiger charge is 2.23. The summed E-state index contributed by atoms with van der Waals surface area (Å²) in [7, 11) is 0. The minimum Gasteiger partial charge on any atom is -0.462 e. The molecule has 4 nitrogen and oxygen atoms in total. The molecule has 0 aliphatic rings. The van der Waals surface area contributed by atoms with Crippen molar-refractivity contribution in [2.45, 2.75) is 79.1 Å². The molecule has 0 bridgehead atoms. The van der Waals surface area contributed by atoms with Crippen molar-refractivity contribution in [1.82, 2.24) is 0 Å². The molecule has 0 N–H and O–H groups in total. The van der Waals surface area contributed by atoms with E-state index < -0.39 is 11.9 Å². The third-order valence-corrected chi connectivity index (χ3v) is 5.54. The van der Waals surface area contributed by atoms with Crippen molar-refractivity contribution in [2.24, 2.45) is 11.8 Å². The van der Waals surface area contributed by atoms with E-state index in [2.05, 4.69) is 27.7 Å². The minimum atomic E-state index is -0.597. The molecule has 0 radical (unpaired) electrons. The second-order valence-corrected chi connectivity index (χ2v) is 8.00. The highest BCUT2D eigenvalue weighted by atomic mass is 16.6. The molecular formula is C26H40O4. The van der Waals surface area contributed by atoms with Gasteiger partial charge in [-0.1, -0.05) is 96.6 Å². The van der Waals surface area contributed by atoms with Crippen molar-refractivity contribution in [2.75, 3.05) is 13.2 Å². The van der Waals surface area contributed by atoms with Crippen LogP contribution in [0.2, 0.25) is 0 Å². The van der Waals surface area contributed by atoms with Gasteiger partial charge in [0.15, 0.2) is 0 Å². The number of rotatable bonds is 15. The molecule has 0 unspecified atom stereocenters. The van der Waals surface area contributed by atoms with Crippen LogP contribution >= 0.6 is 0 Å². The quantitative estimate of drug-likeness (QED) is 0.140. The van der Waals surface area contributed by atoms with Crippen LogP contribution in [0.15, 0.2) is 35.9 Å². The summed E-state index contributed by atoms with van der Waals surface area (Å²) in [6.07, 6.45) is 9.98. The highest BCUT2D eigenvalue weighted by molar-refractivity contribution is 6.17. The molecule has 168 valence electrons. The van der Waals surface area contributed by atoms with Crippen LogP contribution in [-0.2, 0) is 19.1 Å². The second-order valence-electron chi connectivity index (χ2n) is 8.00. The topological polar surface area (TPSA) is 52.6 Å². The number of ether oxygens (including phenoxy) is 2. The number of carbonyl (C=O) groups excluding carboxylic acids is 2. The zero-order valence-electron chi connectivity index (χ0n) is 19.3. The molecule has 0 aliphatic carbocycles. The van der Waals surface area contributed by atoms with Crippen molar-refractivity contribution in [1.29, 1.82) is 0 Å². The molecule has 0 aromatic heterocycles. The van der Waals surface area contributed by atoms with Gasteiger partial charge in [0, 0.05) is 0 Å². The molecule has 4 heteroatoms. The van der Waals surface area contributed by atoms with Gasteiger partial charge in [-0.3, -0.25) is 0 Å². The number of benzene rings is 1. The van der Waals surface area contributed by atoms with Gasteiger partial charge in [-0.2, -0.15) is 0 Å². The Kier molecular flexibility index (Phi) is 13.6. The Balaban J connectivity index is 2.85. The van der Waals surface area contributed by atoms with Crippen LogP contribution in [0.5, 0.6) is 0 Å². The summed E-state index contributed by atoms with van der Waals surface area (Å²) < 4.78 is 11.1. The van der Waals surface area contributed by atoms with E-state index in [1.165, 1.54) is 0 Å². The number of carbonyl (C=O) groups is 2. The van der Waals surface area contributed by atoms with E-state index >= 15 is 0 Å². The fourth-order valence-corrected chi connectivity index (χ4v) is 3.26. The van der Waals surface area contributed by atoms with E-state index in [9.17, 15) is 9.59 Å². The fraction of sp³-hybridized carbons (Fsp3) is 0.615. The van der Waals surface area contributed by atoms with Crippen molar-refractivity contribution >= 4 is 18.0 Å². The zero-order valence-corrected chi connectivity index (χ0v) is 19.3. The summed E-state index contributed by atoms with van der Waals surface area (Å²) in [6.45, 7) is 9.18. The summed E-state index contributed by atoms with van der Waals surface area (Å²) in [4.78, 5) is 25.6. The van der Waals surface area contributed by atoms with E-state index in [0.717, 1.165) is 56.9 Å². The Labute approximate surface area is 183 Å². The standard InChI is InChI=1S/C26H40O4/c1-5-9-14-21(7-3)19-29-25(27)24(18-23-16-12-11-13-17-23)26(28)30-20-22(8-4)15-10-6-2/h11-13,16-18,21-22H,5-10,14-15,19-20H2,1-4H3/t21-,22-/m1/s1. The van der Waals surface area contributed by atoms with Crippen molar-refractivity contribution in [3.05, 3.63) is 41.5 Å². The van der Waals surface area contributed by atoms with Gasteiger partial charge < -0.3 is 9.47 Å². The number of esters is 2. The monoisotopic (exact) mass is 416 g/mol. The lowest BCUT2D eigenvalue weighted by Gasteiger charge is -2.17. The molecule has 0 fully saturated rings. The smallest absolute Gasteiger partial charge is 0.345 e. The maximum absolute atomic E-state index is 12.8. The van der Waals surface area contributed by atoms with E-state index in [0.29, 0.717) is 25.0 Å². The van der Waals surface area contributed by atoms with Crippen LogP contribution < -0.4 is 0 Å². The van der Waals surface area contributed by atoms with Gasteiger partial charge in [-0.15, -0.1) is 0 Å². The van der Waals surface area contributed by atoms with E-state index in [-0.39, 0.29) is 5.57 Å². The SMILES string of the molecule is CCCC[C@@H](CC)COC(=O)C(=Cc1ccccc1)C(=O)OC[C@H](CC)CCCC. The van der Waals surface area contributed by atoms with Gasteiger partial charge in [0.2, 0.25) is 0 Å². The average molecular weight is 417 g/mol. The molecule has 1 aromatic rings. The normalized spacial score (nSPS) is 12.7. The van der Waals surface area contributed by atoms with Crippen molar-refractivity contribution < 1.29 is 19.1 Å². The molecule has 0 saturated heterocycles. The van der Waals surface area contributed by atoms with Crippen LogP contribution in [0, 0.1) is 11.8 Å². The molecule has 0 spiro atoms. The van der Waals surface area contributed by atoms with Gasteiger partial charge in [-0.05, 0) is 36.3 Å². The summed E-state index contributed by atoms with van der Waals surface area (Å²) >= 11 is 0. The van der Waals surface area contributed by atoms with Crippen LogP contribution in [0.3, 0.4) is 0 Å². The van der Waals surface area contributed by atoms with Crippen molar-refractivity contribution in [3.63, 3.8) is 0 Å². The summed E-state index contributed by atoms with van der Waals surface area (Å²) in [5.74, 6) is -0.552. The first-order chi connectivity index (χ1) is 14.5. The maximum atomic E-state index is 12.8. The Hall–Kier alpha value is -2.10. The highest BCUT2D eigenvalue weighted by Crippen LogP contribution is 2.17. The Morgan fingerprint density at radius 3 is 1.67 bits per heavy atom. The molecule has 30 heavy (non-hydrogen) atoms. The molecule has 0 heterocycles. The molecule has 2 atom stereocenters. The van der Waals surface area contributed by atoms with Gasteiger partial charge in [0.25, 0.3) is 0 Å². The van der Waals surface area contributed by atoms with Crippen LogP contribution in [0.1, 0.15) is 84.6 Å². The first-order valence-corrected chi connectivity index (χ1v) is 11.7. The number of hydrogen-bond donors (Lipinski definition) is 0. The van der Waals surface area contributed by atoms with E-state index in [1.54, 1.807) is 6.08 Å². The summed E-state index contributed by atoms with van der Waals surface area (Å²) in [5.41, 5.74) is 0.745. The third-order valence-electron chi connectivity index (χ3n) is 5.54. The molecule has 0 saturated carbocycles. The molecule has 1 aromatic carbocycles. The van der Waals surface area contributed by atoms with Gasteiger partial charge in [0.1, 0.15) is 5.57 Å². The zero-order chi connectivity index (χ0) is 22.2. The number of hydrogen-bond acceptors (Lipinski definition) is 4. The van der Waals surface area contributed by atoms with Crippen LogP contribution in [0.25, 0.3) is 6.08 Å². The summed E-state index contributed by atoms with van der Waals surface area (Å²) in [6, 6.07) is 9.35. The predicted octanol–water partition coefficient (Wildman–Crippen LogP) is 6.59. The Bertz CT molecular complexity index is 602. The minimum absolute atomic E-state index is 0.0307. The molecule has 1 rings (SSSR count). The fourth-order valence-electron chi connectivity index (χ4n) is 3.26. The lowest BCUT2D eigenvalue weighted by Crippen LogP contribution is -2.23. The van der Waals surface area contributed by atoms with Gasteiger partial charge in [-0.25, -0.2) is 9.59 Å². The van der Waals surface area contributed by atoms with Crippen LogP contribution in [-0.4, -0.2) is 25.2 Å². The third kappa shape index (κ3) is 10.1. The van der Waals surface area contributed by atoms with E-state index in [1.807, 2.05) is 30.3 Å². The lowest BCUT2D eigenvalue weighted by molar-refractivity contribution is -0.148. The van der Waals surface area contributed by atoms with Gasteiger partial charge >= 0.3 is 11.9 Å². The van der Waals surface area contributed by atoms with Gasteiger partial charge in [0.05, 0.1) is 13.2 Å². The molecule has 0 amide bonds. The molecular weight excluding hydrogens is 376 g/mol. The number of unbranched alkanes of at least 4 members (excludes halogenated alkanes) is 2. The summed E-state index contributed by atoms with van der Waals surface area (Å²) in [5, 5.41) is 0. The Morgan fingerprint density at radius 2 is 1.27 bits per heavy atom. The average Bonchev–Trinajstić information content (AvgIpc) is 2.78. The maximum Gasteiger partial charge on any atom is 0.345 e. The van der Waals surface area contributed by atoms with Crippen molar-refractivity contribution in [3.8, 4) is 0 Å². The first kappa shape index (κ1) is 25.9. The first-order valence-electron chi connectivity index (χ1n) is 11.7. The second kappa shape index (κ2) is 15.7. The van der Waals surface area contributed by atoms with E-state index in [4.69, 9.17) is 9.47 Å². The lowest BCUT2D eigenvalue weighted by atomic mass is 10.0. The largest absolute Gasteiger partial charge is 0.462 e. The Morgan fingerprint density at radius 1 is 0.800 bits per heavy atom. The van der Waals surface area contributed by atoms with Crippen LogP contribution in [0.4, 0.5) is 0 Å². The molecule has 0 aliphatic heterocycles. The predicted molar refractivity (Wildman–Crippen MR) is 123 cm³/mol.